The second kappa shape index (κ2) is 4.40. The molecule has 0 aliphatic heterocycles. The topological polar surface area (TPSA) is 78.0 Å². The van der Waals surface area contributed by atoms with E-state index in [0.29, 0.717) is 4.57 Å². The molecule has 0 fully saturated rings. The highest BCUT2D eigenvalue weighted by Gasteiger charge is 2.13. The number of anilines is 1. The van der Waals surface area contributed by atoms with Crippen LogP contribution in [0.1, 0.15) is 15.9 Å². The number of nitrogen functional groups attached to an aromatic ring is 1. The van der Waals surface area contributed by atoms with Gasteiger partial charge in [0, 0.05) is 5.56 Å². The minimum Gasteiger partial charge on any atom is -0.381 e. The minimum atomic E-state index is -0.907. The molecule has 2 rings (SSSR count). The average Bonchev–Trinajstić information content (AvgIpc) is 2.34. The van der Waals surface area contributed by atoms with E-state index >= 15 is 0 Å². The number of benzene rings is 1. The van der Waals surface area contributed by atoms with Crippen molar-refractivity contribution in [2.45, 2.75) is 6.92 Å². The summed E-state index contributed by atoms with van der Waals surface area (Å²) in [7, 11) is 0. The number of carbonyl (C=O) groups is 1. The first kappa shape index (κ1) is 12.0. The Kier molecular flexibility index (Phi) is 2.93. The molecular weight excluding hydrogens is 237 g/mol. The number of carbonyl (C=O) groups excluding carboxylic acids is 1. The van der Waals surface area contributed by atoms with E-state index in [9.17, 15) is 14.0 Å². The molecule has 0 unspecified atom stereocenters. The summed E-state index contributed by atoms with van der Waals surface area (Å²) in [4.78, 5) is 26.6. The van der Waals surface area contributed by atoms with Gasteiger partial charge in [-0.2, -0.15) is 4.98 Å². The summed E-state index contributed by atoms with van der Waals surface area (Å²) >= 11 is 0. The van der Waals surface area contributed by atoms with E-state index in [0.717, 1.165) is 11.8 Å². The molecule has 0 radical (unpaired) electrons. The van der Waals surface area contributed by atoms with E-state index in [1.165, 1.54) is 0 Å². The number of halogens is 1. The van der Waals surface area contributed by atoms with Crippen LogP contribution in [-0.2, 0) is 0 Å². The van der Waals surface area contributed by atoms with Gasteiger partial charge in [0.05, 0.1) is 6.20 Å². The molecule has 1 aromatic carbocycles. The Hall–Kier alpha value is -2.50. The molecule has 0 spiro atoms. The Morgan fingerprint density at radius 3 is 2.56 bits per heavy atom. The van der Waals surface area contributed by atoms with Crippen molar-refractivity contribution in [3.63, 3.8) is 0 Å². The van der Waals surface area contributed by atoms with Gasteiger partial charge >= 0.3 is 5.69 Å². The molecule has 2 N–H and O–H groups in total. The molecule has 6 heteroatoms. The molecule has 0 aliphatic carbocycles. The van der Waals surface area contributed by atoms with Crippen LogP contribution in [0.15, 0.2) is 35.3 Å². The molecule has 5 nitrogen and oxygen atoms in total. The van der Waals surface area contributed by atoms with E-state index < -0.39 is 23.2 Å². The van der Waals surface area contributed by atoms with Crippen LogP contribution in [0, 0.1) is 12.7 Å². The molecule has 18 heavy (non-hydrogen) atoms. The Labute approximate surface area is 102 Å². The van der Waals surface area contributed by atoms with Crippen molar-refractivity contribution in [2.24, 2.45) is 0 Å². The van der Waals surface area contributed by atoms with Gasteiger partial charge in [-0.15, -0.1) is 0 Å². The maximum Gasteiger partial charge on any atom is 0.356 e. The maximum absolute atomic E-state index is 13.2. The fourth-order valence-corrected chi connectivity index (χ4v) is 1.43. The van der Waals surface area contributed by atoms with Gasteiger partial charge in [0.2, 0.25) is 0 Å². The van der Waals surface area contributed by atoms with Gasteiger partial charge in [-0.3, -0.25) is 4.79 Å². The van der Waals surface area contributed by atoms with Crippen molar-refractivity contribution >= 4 is 11.7 Å². The van der Waals surface area contributed by atoms with Crippen LogP contribution in [0.5, 0.6) is 0 Å². The predicted molar refractivity (Wildman–Crippen MR) is 63.8 cm³/mol. The van der Waals surface area contributed by atoms with E-state index in [1.54, 1.807) is 24.3 Å². The summed E-state index contributed by atoms with van der Waals surface area (Å²) in [5.74, 6) is -2.07. The van der Waals surface area contributed by atoms with E-state index in [1.807, 2.05) is 6.92 Å². The Morgan fingerprint density at radius 2 is 1.94 bits per heavy atom. The van der Waals surface area contributed by atoms with Gasteiger partial charge in [-0.25, -0.2) is 13.8 Å². The predicted octanol–water partition coefficient (Wildman–Crippen LogP) is 0.962. The smallest absolute Gasteiger partial charge is 0.356 e. The van der Waals surface area contributed by atoms with Crippen molar-refractivity contribution in [1.82, 2.24) is 9.55 Å². The fraction of sp³-hybridized carbons (Fsp3) is 0.0833. The van der Waals surface area contributed by atoms with Gasteiger partial charge in [-0.1, -0.05) is 17.7 Å². The Balaban J connectivity index is 2.49. The summed E-state index contributed by atoms with van der Waals surface area (Å²) in [6.07, 6.45) is 0.743. The van der Waals surface area contributed by atoms with Crippen molar-refractivity contribution < 1.29 is 9.18 Å². The minimum absolute atomic E-state index is 0.272. The van der Waals surface area contributed by atoms with Gasteiger partial charge in [0.25, 0.3) is 5.91 Å². The molecule has 2 aromatic rings. The summed E-state index contributed by atoms with van der Waals surface area (Å²) in [6, 6.07) is 6.55. The molecule has 92 valence electrons. The molecule has 0 amide bonds. The maximum atomic E-state index is 13.2. The second-order valence-electron chi connectivity index (χ2n) is 3.80. The van der Waals surface area contributed by atoms with Gasteiger partial charge in [0.15, 0.2) is 11.6 Å². The van der Waals surface area contributed by atoms with Crippen LogP contribution in [0.2, 0.25) is 0 Å². The zero-order chi connectivity index (χ0) is 13.3. The van der Waals surface area contributed by atoms with Crippen LogP contribution in [-0.4, -0.2) is 15.5 Å². The number of nitrogens with zero attached hydrogens (tertiary/aromatic N) is 2. The molecule has 0 saturated heterocycles. The van der Waals surface area contributed by atoms with Crippen LogP contribution < -0.4 is 11.4 Å². The monoisotopic (exact) mass is 247 g/mol. The molecule has 0 atom stereocenters. The zero-order valence-electron chi connectivity index (χ0n) is 9.55. The lowest BCUT2D eigenvalue weighted by Gasteiger charge is -2.05. The lowest BCUT2D eigenvalue weighted by molar-refractivity contribution is 0.0953. The molecule has 0 bridgehead atoms. The van der Waals surface area contributed by atoms with Crippen LogP contribution in [0.25, 0.3) is 0 Å². The van der Waals surface area contributed by atoms with Crippen molar-refractivity contribution in [1.29, 1.82) is 0 Å². The van der Waals surface area contributed by atoms with Crippen LogP contribution in [0.4, 0.5) is 10.2 Å². The first-order valence-electron chi connectivity index (χ1n) is 5.15. The van der Waals surface area contributed by atoms with Gasteiger partial charge in [-0.05, 0) is 19.1 Å². The van der Waals surface area contributed by atoms with E-state index in [2.05, 4.69) is 4.98 Å². The summed E-state index contributed by atoms with van der Waals surface area (Å²) in [5.41, 5.74) is 5.48. The zero-order valence-corrected chi connectivity index (χ0v) is 9.55. The summed E-state index contributed by atoms with van der Waals surface area (Å²) < 4.78 is 13.8. The van der Waals surface area contributed by atoms with Crippen molar-refractivity contribution in [3.05, 3.63) is 57.9 Å². The normalized spacial score (nSPS) is 10.3. The summed E-state index contributed by atoms with van der Waals surface area (Å²) in [5, 5.41) is 0. The Morgan fingerprint density at radius 1 is 1.33 bits per heavy atom. The molecule has 0 aliphatic rings. The van der Waals surface area contributed by atoms with Crippen molar-refractivity contribution in [2.75, 3.05) is 5.73 Å². The Bertz CT molecular complexity index is 662. The van der Waals surface area contributed by atoms with Crippen molar-refractivity contribution in [3.8, 4) is 0 Å². The molecule has 1 aromatic heterocycles. The molecular formula is C12H10FN3O2. The lowest BCUT2D eigenvalue weighted by Crippen LogP contribution is -2.30. The second-order valence-corrected chi connectivity index (χ2v) is 3.80. The third-order valence-electron chi connectivity index (χ3n) is 2.43. The van der Waals surface area contributed by atoms with Crippen LogP contribution >= 0.6 is 0 Å². The lowest BCUT2D eigenvalue weighted by atomic mass is 10.1. The average molecular weight is 247 g/mol. The van der Waals surface area contributed by atoms with E-state index in [4.69, 9.17) is 5.73 Å². The standard InChI is InChI=1S/C12H10FN3O2/c1-7-2-4-8(5-3-7)11(17)16-6-9(13)10(14)15-12(16)18/h2-6H,1H3,(H2,14,15,18). The first-order valence-corrected chi connectivity index (χ1v) is 5.15. The molecule has 1 heterocycles. The fourth-order valence-electron chi connectivity index (χ4n) is 1.43. The molecule has 0 saturated carbocycles. The van der Waals surface area contributed by atoms with Crippen LogP contribution in [0.3, 0.4) is 0 Å². The third-order valence-corrected chi connectivity index (χ3v) is 2.43. The number of hydrogen-bond donors (Lipinski definition) is 1. The highest BCUT2D eigenvalue weighted by molar-refractivity contribution is 5.95. The highest BCUT2D eigenvalue weighted by atomic mass is 19.1. The largest absolute Gasteiger partial charge is 0.381 e. The van der Waals surface area contributed by atoms with Gasteiger partial charge < -0.3 is 5.73 Å². The number of hydrogen-bond acceptors (Lipinski definition) is 4. The number of aryl methyl sites for hydroxylation is 1. The van der Waals surface area contributed by atoms with Gasteiger partial charge in [0.1, 0.15) is 0 Å². The summed E-state index contributed by atoms with van der Waals surface area (Å²) in [6.45, 7) is 1.87. The number of aromatic nitrogens is 2. The SMILES string of the molecule is Cc1ccc(C(=O)n2cc(F)c(N)nc2=O)cc1. The van der Waals surface area contributed by atoms with E-state index in [-0.39, 0.29) is 5.56 Å². The third kappa shape index (κ3) is 2.13. The highest BCUT2D eigenvalue weighted by Crippen LogP contribution is 2.06. The first-order chi connectivity index (χ1) is 8.49. The number of rotatable bonds is 1. The number of nitrogens with two attached hydrogens (primary N) is 1. The quantitative estimate of drug-likeness (QED) is 0.814.